The van der Waals surface area contributed by atoms with Gasteiger partial charge in [-0.1, -0.05) is 12.1 Å². The molecule has 0 aliphatic rings. The number of hydrogen-bond acceptors (Lipinski definition) is 5. The van der Waals surface area contributed by atoms with Crippen LogP contribution in [0, 0.1) is 25.2 Å². The maximum absolute atomic E-state index is 12.4. The van der Waals surface area contributed by atoms with Gasteiger partial charge in [-0.2, -0.15) is 5.26 Å². The third-order valence-corrected chi connectivity index (χ3v) is 4.23. The van der Waals surface area contributed by atoms with E-state index in [1.54, 1.807) is 18.2 Å². The van der Waals surface area contributed by atoms with Gasteiger partial charge < -0.3 is 0 Å². The van der Waals surface area contributed by atoms with Gasteiger partial charge in [-0.15, -0.1) is 11.3 Å². The first-order valence-electron chi connectivity index (χ1n) is 7.28. The van der Waals surface area contributed by atoms with Crippen LogP contribution in [-0.4, -0.2) is 15.9 Å². The maximum atomic E-state index is 12.4. The molecule has 1 amide bonds. The Hall–Kier alpha value is -3.04. The lowest BCUT2D eigenvalue weighted by atomic mass is 10.0. The summed E-state index contributed by atoms with van der Waals surface area (Å²) >= 11 is 1.38. The van der Waals surface area contributed by atoms with Crippen LogP contribution < -0.4 is 5.32 Å². The van der Waals surface area contributed by atoms with Gasteiger partial charge in [-0.25, -0.2) is 9.97 Å². The Morgan fingerprint density at radius 3 is 2.67 bits per heavy atom. The monoisotopic (exact) mass is 334 g/mol. The average Bonchev–Trinajstić information content (AvgIpc) is 2.99. The molecule has 3 aromatic rings. The molecule has 2 heterocycles. The molecule has 0 aliphatic carbocycles. The van der Waals surface area contributed by atoms with Gasteiger partial charge in [-0.3, -0.25) is 10.1 Å². The van der Waals surface area contributed by atoms with E-state index in [9.17, 15) is 4.79 Å². The third kappa shape index (κ3) is 3.47. The fourth-order valence-corrected chi connectivity index (χ4v) is 2.98. The molecular weight excluding hydrogens is 320 g/mol. The minimum atomic E-state index is -0.300. The molecular formula is C18H14N4OS. The number of pyridine rings is 1. The topological polar surface area (TPSA) is 78.7 Å². The number of thiazole rings is 1. The summed E-state index contributed by atoms with van der Waals surface area (Å²) in [5.41, 5.74) is 4.21. The van der Waals surface area contributed by atoms with E-state index in [0.717, 1.165) is 22.5 Å². The van der Waals surface area contributed by atoms with Gasteiger partial charge in [0.05, 0.1) is 17.3 Å². The standard InChI is InChI=1S/C18H14N4OS/c1-11-6-15(14-5-3-4-13(7-14)9-19)8-16(20-11)17(23)22-18-21-12(2)10-24-18/h3-8,10H,1-2H3,(H,21,22,23). The van der Waals surface area contributed by atoms with Crippen LogP contribution in [-0.2, 0) is 0 Å². The van der Waals surface area contributed by atoms with E-state index in [-0.39, 0.29) is 5.91 Å². The van der Waals surface area contributed by atoms with Gasteiger partial charge in [-0.05, 0) is 49.2 Å². The van der Waals surface area contributed by atoms with Crippen molar-refractivity contribution in [2.24, 2.45) is 0 Å². The molecule has 0 radical (unpaired) electrons. The highest BCUT2D eigenvalue weighted by atomic mass is 32.1. The van der Waals surface area contributed by atoms with Crippen LogP contribution in [0.5, 0.6) is 0 Å². The number of aryl methyl sites for hydroxylation is 2. The van der Waals surface area contributed by atoms with E-state index < -0.39 is 0 Å². The number of nitriles is 1. The van der Waals surface area contributed by atoms with Gasteiger partial charge >= 0.3 is 0 Å². The smallest absolute Gasteiger partial charge is 0.276 e. The van der Waals surface area contributed by atoms with Crippen molar-refractivity contribution >= 4 is 22.4 Å². The largest absolute Gasteiger partial charge is 0.296 e. The van der Waals surface area contributed by atoms with Crippen molar-refractivity contribution in [1.29, 1.82) is 5.26 Å². The molecule has 6 heteroatoms. The summed E-state index contributed by atoms with van der Waals surface area (Å²) in [5, 5.41) is 14.2. The Labute approximate surface area is 143 Å². The first-order chi connectivity index (χ1) is 11.5. The van der Waals surface area contributed by atoms with Crippen LogP contribution in [0.25, 0.3) is 11.1 Å². The number of anilines is 1. The molecule has 1 N–H and O–H groups in total. The Balaban J connectivity index is 1.93. The number of amides is 1. The Kier molecular flexibility index (Phi) is 4.36. The predicted octanol–water partition coefficient (Wildman–Crippen LogP) is 3.95. The van der Waals surface area contributed by atoms with Crippen LogP contribution in [0.15, 0.2) is 41.8 Å². The van der Waals surface area contributed by atoms with E-state index in [0.29, 0.717) is 16.4 Å². The molecule has 0 fully saturated rings. The summed E-state index contributed by atoms with van der Waals surface area (Å²) in [4.78, 5) is 21.0. The molecule has 0 spiro atoms. The number of nitrogens with one attached hydrogen (secondary N) is 1. The minimum Gasteiger partial charge on any atom is -0.296 e. The van der Waals surface area contributed by atoms with E-state index in [4.69, 9.17) is 5.26 Å². The van der Waals surface area contributed by atoms with Crippen molar-refractivity contribution in [3.05, 3.63) is 64.4 Å². The number of benzene rings is 1. The Morgan fingerprint density at radius 2 is 1.96 bits per heavy atom. The number of hydrogen-bond donors (Lipinski definition) is 1. The second-order valence-corrected chi connectivity index (χ2v) is 6.18. The van der Waals surface area contributed by atoms with Gasteiger partial charge in [0.15, 0.2) is 5.13 Å². The van der Waals surface area contributed by atoms with Crippen LogP contribution in [0.1, 0.15) is 27.4 Å². The maximum Gasteiger partial charge on any atom is 0.276 e. The minimum absolute atomic E-state index is 0.300. The van der Waals surface area contributed by atoms with Gasteiger partial charge in [0.2, 0.25) is 0 Å². The van der Waals surface area contributed by atoms with Crippen molar-refractivity contribution in [2.45, 2.75) is 13.8 Å². The van der Waals surface area contributed by atoms with E-state index in [1.807, 2.05) is 37.4 Å². The molecule has 118 valence electrons. The quantitative estimate of drug-likeness (QED) is 0.786. The van der Waals surface area contributed by atoms with Crippen LogP contribution in [0.2, 0.25) is 0 Å². The second kappa shape index (κ2) is 6.60. The van der Waals surface area contributed by atoms with Crippen molar-refractivity contribution in [3.8, 4) is 17.2 Å². The molecule has 0 unspecified atom stereocenters. The summed E-state index contributed by atoms with van der Waals surface area (Å²) in [6.07, 6.45) is 0. The van der Waals surface area contributed by atoms with Crippen molar-refractivity contribution in [1.82, 2.24) is 9.97 Å². The predicted molar refractivity (Wildman–Crippen MR) is 93.9 cm³/mol. The summed E-state index contributed by atoms with van der Waals surface area (Å²) in [7, 11) is 0. The number of carbonyl (C=O) groups excluding carboxylic acids is 1. The lowest BCUT2D eigenvalue weighted by Crippen LogP contribution is -2.14. The number of carbonyl (C=O) groups is 1. The normalized spacial score (nSPS) is 10.2. The lowest BCUT2D eigenvalue weighted by molar-refractivity contribution is 0.102. The zero-order valence-electron chi connectivity index (χ0n) is 13.2. The van der Waals surface area contributed by atoms with Gasteiger partial charge in [0, 0.05) is 11.1 Å². The Morgan fingerprint density at radius 1 is 1.12 bits per heavy atom. The number of aromatic nitrogens is 2. The molecule has 0 saturated heterocycles. The summed E-state index contributed by atoms with van der Waals surface area (Å²) in [5.74, 6) is -0.300. The second-order valence-electron chi connectivity index (χ2n) is 5.32. The van der Waals surface area contributed by atoms with E-state index in [1.165, 1.54) is 11.3 Å². The van der Waals surface area contributed by atoms with Crippen molar-refractivity contribution < 1.29 is 4.79 Å². The number of rotatable bonds is 3. The van der Waals surface area contributed by atoms with Crippen molar-refractivity contribution in [2.75, 3.05) is 5.32 Å². The molecule has 0 bridgehead atoms. The SMILES string of the molecule is Cc1cc(-c2cccc(C#N)c2)cc(C(=O)Nc2nc(C)cs2)n1. The van der Waals surface area contributed by atoms with Crippen molar-refractivity contribution in [3.63, 3.8) is 0 Å². The first kappa shape index (κ1) is 15.8. The third-order valence-electron chi connectivity index (χ3n) is 3.35. The molecule has 5 nitrogen and oxygen atoms in total. The van der Waals surface area contributed by atoms with Gasteiger partial charge in [0.25, 0.3) is 5.91 Å². The first-order valence-corrected chi connectivity index (χ1v) is 8.16. The zero-order chi connectivity index (χ0) is 17.1. The zero-order valence-corrected chi connectivity index (χ0v) is 14.0. The summed E-state index contributed by atoms with van der Waals surface area (Å²) < 4.78 is 0. The van der Waals surface area contributed by atoms with Crippen LogP contribution >= 0.6 is 11.3 Å². The lowest BCUT2D eigenvalue weighted by Gasteiger charge is -2.07. The molecule has 24 heavy (non-hydrogen) atoms. The van der Waals surface area contributed by atoms with E-state index in [2.05, 4.69) is 21.4 Å². The highest BCUT2D eigenvalue weighted by Gasteiger charge is 2.12. The summed E-state index contributed by atoms with van der Waals surface area (Å²) in [6.45, 7) is 3.71. The van der Waals surface area contributed by atoms with Crippen LogP contribution in [0.3, 0.4) is 0 Å². The fraction of sp³-hybridized carbons (Fsp3) is 0.111. The molecule has 0 atom stereocenters. The molecule has 0 saturated carbocycles. The molecule has 3 rings (SSSR count). The highest BCUT2D eigenvalue weighted by Crippen LogP contribution is 2.23. The molecule has 0 aliphatic heterocycles. The van der Waals surface area contributed by atoms with E-state index >= 15 is 0 Å². The highest BCUT2D eigenvalue weighted by molar-refractivity contribution is 7.13. The Bertz CT molecular complexity index is 956. The summed E-state index contributed by atoms with van der Waals surface area (Å²) in [6, 6.07) is 13.0. The fourth-order valence-electron chi connectivity index (χ4n) is 2.29. The van der Waals surface area contributed by atoms with Gasteiger partial charge in [0.1, 0.15) is 5.69 Å². The average molecular weight is 334 g/mol. The van der Waals surface area contributed by atoms with Crippen LogP contribution in [0.4, 0.5) is 5.13 Å². The number of nitrogens with zero attached hydrogens (tertiary/aromatic N) is 3. The molecule has 1 aromatic carbocycles. The molecule has 2 aromatic heterocycles.